The number of aryl methyl sites for hydroxylation is 1. The molecule has 0 bridgehead atoms. The van der Waals surface area contributed by atoms with Crippen molar-refractivity contribution in [1.82, 2.24) is 9.62 Å². The Morgan fingerprint density at radius 1 is 1.21 bits per heavy atom. The molecular weight excluding hydrogens is 450 g/mol. The van der Waals surface area contributed by atoms with Crippen molar-refractivity contribution in [3.63, 3.8) is 0 Å². The van der Waals surface area contributed by atoms with Crippen molar-refractivity contribution in [1.29, 1.82) is 0 Å². The minimum absolute atomic E-state index is 0.0932. The fourth-order valence-corrected chi connectivity index (χ4v) is 5.32. The van der Waals surface area contributed by atoms with Crippen LogP contribution in [0.3, 0.4) is 0 Å². The lowest BCUT2D eigenvalue weighted by molar-refractivity contribution is -0.121. The summed E-state index contributed by atoms with van der Waals surface area (Å²) in [5.41, 5.74) is 2.97. The fourth-order valence-electron chi connectivity index (χ4n) is 4.36. The quantitative estimate of drug-likeness (QED) is 0.579. The molecule has 34 heavy (non-hydrogen) atoms. The first-order valence-electron chi connectivity index (χ1n) is 11.9. The highest BCUT2D eigenvalue weighted by Gasteiger charge is 2.20. The highest BCUT2D eigenvalue weighted by molar-refractivity contribution is 7.89. The number of hydrogen-bond acceptors (Lipinski definition) is 5. The van der Waals surface area contributed by atoms with Crippen LogP contribution in [0, 0.1) is 5.92 Å². The molecule has 0 aromatic heterocycles. The van der Waals surface area contributed by atoms with Gasteiger partial charge < -0.3 is 15.0 Å². The molecular formula is C26H37N3O4S. The van der Waals surface area contributed by atoms with Crippen LogP contribution in [0.25, 0.3) is 0 Å². The van der Waals surface area contributed by atoms with E-state index in [9.17, 15) is 13.2 Å². The average Bonchev–Trinajstić information content (AvgIpc) is 2.82. The zero-order valence-corrected chi connectivity index (χ0v) is 21.7. The number of carbonyl (C=O) groups excluding carboxylic acids is 1. The summed E-state index contributed by atoms with van der Waals surface area (Å²) in [5.74, 6) is 1.19. The molecule has 3 rings (SSSR count). The summed E-state index contributed by atoms with van der Waals surface area (Å²) in [5, 5.41) is 3.05. The van der Waals surface area contributed by atoms with Crippen LogP contribution in [0.1, 0.15) is 50.3 Å². The lowest BCUT2D eigenvalue weighted by atomic mass is 9.99. The molecule has 2 atom stereocenters. The van der Waals surface area contributed by atoms with Gasteiger partial charge in [0.25, 0.3) is 0 Å². The summed E-state index contributed by atoms with van der Waals surface area (Å²) in [6.07, 6.45) is 3.13. The van der Waals surface area contributed by atoms with Crippen molar-refractivity contribution in [2.24, 2.45) is 5.92 Å². The van der Waals surface area contributed by atoms with Crippen LogP contribution in [0.4, 0.5) is 5.69 Å². The second-order valence-electron chi connectivity index (χ2n) is 9.34. The number of methoxy groups -OCH3 is 1. The van der Waals surface area contributed by atoms with Gasteiger partial charge in [0, 0.05) is 39.3 Å². The normalized spacial score (nSPS) is 17.5. The van der Waals surface area contributed by atoms with Gasteiger partial charge in [-0.25, -0.2) is 12.7 Å². The van der Waals surface area contributed by atoms with Gasteiger partial charge in [-0.2, -0.15) is 0 Å². The van der Waals surface area contributed by atoms with Crippen LogP contribution in [-0.2, 0) is 21.2 Å². The minimum atomic E-state index is -3.56. The van der Waals surface area contributed by atoms with Gasteiger partial charge in [0.2, 0.25) is 15.9 Å². The van der Waals surface area contributed by atoms with Crippen LogP contribution in [0.2, 0.25) is 0 Å². The van der Waals surface area contributed by atoms with E-state index in [0.29, 0.717) is 23.7 Å². The van der Waals surface area contributed by atoms with Crippen molar-refractivity contribution < 1.29 is 17.9 Å². The van der Waals surface area contributed by atoms with E-state index in [-0.39, 0.29) is 23.3 Å². The molecule has 0 unspecified atom stereocenters. The van der Waals surface area contributed by atoms with E-state index >= 15 is 0 Å². The average molecular weight is 488 g/mol. The second kappa shape index (κ2) is 11.2. The van der Waals surface area contributed by atoms with Gasteiger partial charge in [0.1, 0.15) is 5.75 Å². The van der Waals surface area contributed by atoms with Gasteiger partial charge in [-0.3, -0.25) is 4.79 Å². The number of piperidine rings is 1. The van der Waals surface area contributed by atoms with Gasteiger partial charge in [-0.05, 0) is 73.6 Å². The third kappa shape index (κ3) is 6.30. The van der Waals surface area contributed by atoms with Crippen molar-refractivity contribution >= 4 is 21.6 Å². The first-order valence-corrected chi connectivity index (χ1v) is 13.3. The summed E-state index contributed by atoms with van der Waals surface area (Å²) in [6.45, 7) is 6.45. The third-order valence-electron chi connectivity index (χ3n) is 6.44. The standard InChI is InChI=1S/C26H37N3O4S/c1-19-7-6-16-29(18-19)23-11-8-21(9-12-23)20(2)27-26(30)15-10-22-17-24(13-14-25(22)33-5)34(31,32)28(3)4/h8-9,11-14,17,19-20H,6-7,10,15-16,18H2,1-5H3,(H,27,30)/t19-,20+/m0/s1. The number of hydrogen-bond donors (Lipinski definition) is 1. The summed E-state index contributed by atoms with van der Waals surface area (Å²) in [7, 11) is 0.965. The van der Waals surface area contributed by atoms with E-state index in [4.69, 9.17) is 4.74 Å². The Bertz CT molecular complexity index is 1080. The number of carbonyl (C=O) groups is 1. The van der Waals surface area contributed by atoms with E-state index in [1.807, 2.05) is 6.92 Å². The highest BCUT2D eigenvalue weighted by atomic mass is 32.2. The number of nitrogens with one attached hydrogen (secondary N) is 1. The maximum absolute atomic E-state index is 12.7. The molecule has 2 aromatic rings. The van der Waals surface area contributed by atoms with E-state index in [2.05, 4.69) is 41.4 Å². The molecule has 1 aliphatic rings. The Morgan fingerprint density at radius 3 is 2.53 bits per heavy atom. The van der Waals surface area contributed by atoms with E-state index < -0.39 is 10.0 Å². The molecule has 1 heterocycles. The first-order chi connectivity index (χ1) is 16.1. The van der Waals surface area contributed by atoms with Crippen molar-refractivity contribution in [2.75, 3.05) is 39.2 Å². The smallest absolute Gasteiger partial charge is 0.242 e. The maximum atomic E-state index is 12.7. The summed E-state index contributed by atoms with van der Waals surface area (Å²) < 4.78 is 31.5. The molecule has 8 heteroatoms. The maximum Gasteiger partial charge on any atom is 0.242 e. The zero-order chi connectivity index (χ0) is 24.9. The molecule has 186 valence electrons. The first kappa shape index (κ1) is 26.0. The van der Waals surface area contributed by atoms with Gasteiger partial charge >= 0.3 is 0 Å². The number of rotatable bonds is 9. The number of ether oxygens (including phenoxy) is 1. The zero-order valence-electron chi connectivity index (χ0n) is 20.9. The Balaban J connectivity index is 1.60. The molecule has 1 N–H and O–H groups in total. The lowest BCUT2D eigenvalue weighted by Crippen LogP contribution is -2.34. The molecule has 1 aliphatic heterocycles. The van der Waals surface area contributed by atoms with Crippen LogP contribution in [0.15, 0.2) is 47.4 Å². The van der Waals surface area contributed by atoms with Gasteiger partial charge in [-0.15, -0.1) is 0 Å². The van der Waals surface area contributed by atoms with Gasteiger partial charge in [0.05, 0.1) is 18.0 Å². The largest absolute Gasteiger partial charge is 0.496 e. The van der Waals surface area contributed by atoms with Crippen LogP contribution >= 0.6 is 0 Å². The Labute approximate surface area is 204 Å². The molecule has 7 nitrogen and oxygen atoms in total. The van der Waals surface area contributed by atoms with Crippen molar-refractivity contribution in [3.05, 3.63) is 53.6 Å². The van der Waals surface area contributed by atoms with Gasteiger partial charge in [0.15, 0.2) is 0 Å². The summed E-state index contributed by atoms with van der Waals surface area (Å²) in [4.78, 5) is 15.3. The topological polar surface area (TPSA) is 79.0 Å². The minimum Gasteiger partial charge on any atom is -0.496 e. The summed E-state index contributed by atoms with van der Waals surface area (Å²) >= 11 is 0. The van der Waals surface area contributed by atoms with Crippen LogP contribution in [-0.4, -0.2) is 52.9 Å². The van der Waals surface area contributed by atoms with Crippen LogP contribution in [0.5, 0.6) is 5.75 Å². The molecule has 0 spiro atoms. The third-order valence-corrected chi connectivity index (χ3v) is 8.26. The molecule has 1 fully saturated rings. The molecule has 0 aliphatic carbocycles. The number of amides is 1. The SMILES string of the molecule is COc1ccc(S(=O)(=O)N(C)C)cc1CCC(=O)N[C@H](C)c1ccc(N2CCC[C@H](C)C2)cc1. The molecule has 1 saturated heterocycles. The molecule has 0 radical (unpaired) electrons. The van der Waals surface area contributed by atoms with Crippen LogP contribution < -0.4 is 15.0 Å². The second-order valence-corrected chi connectivity index (χ2v) is 11.5. The van der Waals surface area contributed by atoms with E-state index in [1.54, 1.807) is 12.1 Å². The lowest BCUT2D eigenvalue weighted by Gasteiger charge is -2.33. The predicted octanol–water partition coefficient (Wildman–Crippen LogP) is 3.99. The number of nitrogens with zero attached hydrogens (tertiary/aromatic N) is 2. The fraction of sp³-hybridized carbons (Fsp3) is 0.500. The van der Waals surface area contributed by atoms with Crippen molar-refractivity contribution in [3.8, 4) is 5.75 Å². The molecule has 0 saturated carbocycles. The number of benzene rings is 2. The molecule has 1 amide bonds. The summed E-state index contributed by atoms with van der Waals surface area (Å²) in [6, 6.07) is 13.1. The number of anilines is 1. The van der Waals surface area contributed by atoms with E-state index in [1.165, 1.54) is 50.1 Å². The monoisotopic (exact) mass is 487 g/mol. The van der Waals surface area contributed by atoms with Gasteiger partial charge in [-0.1, -0.05) is 19.1 Å². The Hall–Kier alpha value is -2.58. The Kier molecular flexibility index (Phi) is 8.60. The number of sulfonamides is 1. The van der Waals surface area contributed by atoms with Crippen molar-refractivity contribution in [2.45, 2.75) is 50.5 Å². The predicted molar refractivity (Wildman–Crippen MR) is 136 cm³/mol. The molecule has 2 aromatic carbocycles. The van der Waals surface area contributed by atoms with E-state index in [0.717, 1.165) is 18.7 Å². The highest BCUT2D eigenvalue weighted by Crippen LogP contribution is 2.26. The Morgan fingerprint density at radius 2 is 1.91 bits per heavy atom.